The van der Waals surface area contributed by atoms with E-state index in [4.69, 9.17) is 21.3 Å². The van der Waals surface area contributed by atoms with Gasteiger partial charge in [-0.25, -0.2) is 0 Å². The van der Waals surface area contributed by atoms with Gasteiger partial charge in [-0.2, -0.15) is 0 Å². The Bertz CT molecular complexity index is 715. The summed E-state index contributed by atoms with van der Waals surface area (Å²) in [5, 5.41) is 0.819. The predicted molar refractivity (Wildman–Crippen MR) is 101 cm³/mol. The molecule has 0 spiro atoms. The minimum absolute atomic E-state index is 0.453. The largest absolute Gasteiger partial charge is 0.381 e. The average molecular weight is 357 g/mol. The van der Waals surface area contributed by atoms with Crippen molar-refractivity contribution in [1.29, 1.82) is 0 Å². The molecule has 0 saturated carbocycles. The molecule has 4 rings (SSSR count). The van der Waals surface area contributed by atoms with Gasteiger partial charge in [0, 0.05) is 36.4 Å². The zero-order valence-corrected chi connectivity index (χ0v) is 15.3. The number of pyridine rings is 1. The van der Waals surface area contributed by atoms with E-state index in [1.54, 1.807) is 0 Å². The highest BCUT2D eigenvalue weighted by molar-refractivity contribution is 6.31. The van der Waals surface area contributed by atoms with E-state index in [2.05, 4.69) is 29.2 Å². The summed E-state index contributed by atoms with van der Waals surface area (Å²) in [7, 11) is 0. The smallest absolute Gasteiger partial charge is 0.0578 e. The Hall–Kier alpha value is -1.42. The maximum Gasteiger partial charge on any atom is 0.0578 e. The van der Waals surface area contributed by atoms with Crippen molar-refractivity contribution in [2.45, 2.75) is 44.2 Å². The van der Waals surface area contributed by atoms with Crippen LogP contribution in [0.4, 0.5) is 0 Å². The summed E-state index contributed by atoms with van der Waals surface area (Å²) in [6, 6.07) is 15.6. The number of halogens is 1. The highest BCUT2D eigenvalue weighted by Crippen LogP contribution is 2.35. The predicted octanol–water partition coefficient (Wildman–Crippen LogP) is 4.64. The topological polar surface area (TPSA) is 25.4 Å². The van der Waals surface area contributed by atoms with Gasteiger partial charge in [0.05, 0.1) is 11.7 Å². The highest BCUT2D eigenvalue weighted by atomic mass is 35.5. The fourth-order valence-corrected chi connectivity index (χ4v) is 4.38. The quantitative estimate of drug-likeness (QED) is 0.797. The average Bonchev–Trinajstić information content (AvgIpc) is 3.15. The van der Waals surface area contributed by atoms with E-state index >= 15 is 0 Å². The Balaban J connectivity index is 1.53. The SMILES string of the molecule is Clc1ccccc1Cc1cccc([C@H]2CCCN2C2CCOCC2)n1. The fourth-order valence-electron chi connectivity index (χ4n) is 4.18. The number of nitrogens with zero attached hydrogens (tertiary/aromatic N) is 2. The van der Waals surface area contributed by atoms with E-state index in [0.717, 1.165) is 48.8 Å². The lowest BCUT2D eigenvalue weighted by Gasteiger charge is -2.35. The highest BCUT2D eigenvalue weighted by Gasteiger charge is 2.33. The Labute approximate surface area is 155 Å². The molecule has 132 valence electrons. The van der Waals surface area contributed by atoms with Gasteiger partial charge in [-0.1, -0.05) is 35.9 Å². The molecule has 2 fully saturated rings. The summed E-state index contributed by atoms with van der Waals surface area (Å²) >= 11 is 6.32. The third-order valence-electron chi connectivity index (χ3n) is 5.45. The van der Waals surface area contributed by atoms with Gasteiger partial charge in [-0.15, -0.1) is 0 Å². The second-order valence-electron chi connectivity index (χ2n) is 7.06. The van der Waals surface area contributed by atoms with E-state index in [9.17, 15) is 0 Å². The first kappa shape index (κ1) is 17.0. The molecule has 2 aromatic rings. The molecular formula is C21H25ClN2O. The van der Waals surface area contributed by atoms with Crippen LogP contribution >= 0.6 is 11.6 Å². The number of ether oxygens (including phenoxy) is 1. The Morgan fingerprint density at radius 2 is 1.88 bits per heavy atom. The van der Waals surface area contributed by atoms with Crippen molar-refractivity contribution >= 4 is 11.6 Å². The Kier molecular flexibility index (Phi) is 5.35. The van der Waals surface area contributed by atoms with Gasteiger partial charge in [-0.3, -0.25) is 9.88 Å². The van der Waals surface area contributed by atoms with Gasteiger partial charge in [0.15, 0.2) is 0 Å². The minimum Gasteiger partial charge on any atom is -0.381 e. The summed E-state index contributed by atoms with van der Waals surface area (Å²) in [4.78, 5) is 7.68. The van der Waals surface area contributed by atoms with E-state index in [1.165, 1.54) is 25.1 Å². The van der Waals surface area contributed by atoms with Crippen LogP contribution in [-0.4, -0.2) is 35.7 Å². The van der Waals surface area contributed by atoms with Crippen LogP contribution in [0.25, 0.3) is 0 Å². The molecule has 0 amide bonds. The number of likely N-dealkylation sites (tertiary alicyclic amines) is 1. The Morgan fingerprint density at radius 3 is 2.72 bits per heavy atom. The van der Waals surface area contributed by atoms with Gasteiger partial charge >= 0.3 is 0 Å². The van der Waals surface area contributed by atoms with Crippen molar-refractivity contribution in [3.05, 3.63) is 64.4 Å². The van der Waals surface area contributed by atoms with Crippen molar-refractivity contribution in [2.24, 2.45) is 0 Å². The molecule has 0 aliphatic carbocycles. The lowest BCUT2D eigenvalue weighted by molar-refractivity contribution is 0.0285. The molecule has 1 aromatic heterocycles. The molecule has 2 aliphatic rings. The van der Waals surface area contributed by atoms with Crippen molar-refractivity contribution in [3.63, 3.8) is 0 Å². The molecular weight excluding hydrogens is 332 g/mol. The van der Waals surface area contributed by atoms with Gasteiger partial charge in [0.2, 0.25) is 0 Å². The Morgan fingerprint density at radius 1 is 1.04 bits per heavy atom. The van der Waals surface area contributed by atoms with Crippen LogP contribution in [0.15, 0.2) is 42.5 Å². The molecule has 1 aromatic carbocycles. The zero-order chi connectivity index (χ0) is 17.1. The van der Waals surface area contributed by atoms with Crippen molar-refractivity contribution in [2.75, 3.05) is 19.8 Å². The molecule has 0 bridgehead atoms. The maximum atomic E-state index is 6.32. The molecule has 3 heterocycles. The molecule has 25 heavy (non-hydrogen) atoms. The number of benzene rings is 1. The van der Waals surface area contributed by atoms with Crippen molar-refractivity contribution < 1.29 is 4.74 Å². The molecule has 2 saturated heterocycles. The lowest BCUT2D eigenvalue weighted by Crippen LogP contribution is -2.39. The zero-order valence-electron chi connectivity index (χ0n) is 14.5. The second kappa shape index (κ2) is 7.86. The van der Waals surface area contributed by atoms with Gasteiger partial charge in [0.25, 0.3) is 0 Å². The number of hydrogen-bond donors (Lipinski definition) is 0. The van der Waals surface area contributed by atoms with Crippen LogP contribution in [0.1, 0.15) is 48.7 Å². The van der Waals surface area contributed by atoms with Gasteiger partial charge in [0.1, 0.15) is 0 Å². The van der Waals surface area contributed by atoms with Gasteiger partial charge in [-0.05, 0) is 56.0 Å². The number of aromatic nitrogens is 1. The van der Waals surface area contributed by atoms with Crippen molar-refractivity contribution in [3.8, 4) is 0 Å². The monoisotopic (exact) mass is 356 g/mol. The normalized spacial score (nSPS) is 22.4. The molecule has 0 unspecified atom stereocenters. The van der Waals surface area contributed by atoms with Crippen LogP contribution in [0, 0.1) is 0 Å². The maximum absolute atomic E-state index is 6.32. The van der Waals surface area contributed by atoms with Crippen LogP contribution in [0.3, 0.4) is 0 Å². The summed E-state index contributed by atoms with van der Waals surface area (Å²) in [6.45, 7) is 2.98. The molecule has 3 nitrogen and oxygen atoms in total. The lowest BCUT2D eigenvalue weighted by atomic mass is 10.0. The van der Waals surface area contributed by atoms with Crippen LogP contribution < -0.4 is 0 Å². The molecule has 4 heteroatoms. The first-order valence-corrected chi connectivity index (χ1v) is 9.72. The first-order valence-electron chi connectivity index (χ1n) is 9.34. The van der Waals surface area contributed by atoms with Gasteiger partial charge < -0.3 is 4.74 Å². The van der Waals surface area contributed by atoms with Crippen LogP contribution in [-0.2, 0) is 11.2 Å². The fraction of sp³-hybridized carbons (Fsp3) is 0.476. The van der Waals surface area contributed by atoms with E-state index in [1.807, 2.05) is 18.2 Å². The summed E-state index contributed by atoms with van der Waals surface area (Å²) in [5.74, 6) is 0. The molecule has 0 N–H and O–H groups in total. The first-order chi connectivity index (χ1) is 12.3. The summed E-state index contributed by atoms with van der Waals surface area (Å²) < 4.78 is 5.54. The number of hydrogen-bond acceptors (Lipinski definition) is 3. The van der Waals surface area contributed by atoms with E-state index < -0.39 is 0 Å². The van der Waals surface area contributed by atoms with Crippen LogP contribution in [0.2, 0.25) is 5.02 Å². The van der Waals surface area contributed by atoms with E-state index in [-0.39, 0.29) is 0 Å². The van der Waals surface area contributed by atoms with E-state index in [0.29, 0.717) is 12.1 Å². The third kappa shape index (κ3) is 3.89. The summed E-state index contributed by atoms with van der Waals surface area (Å²) in [5.41, 5.74) is 3.46. The molecule has 0 radical (unpaired) electrons. The van der Waals surface area contributed by atoms with Crippen molar-refractivity contribution in [1.82, 2.24) is 9.88 Å². The minimum atomic E-state index is 0.453. The second-order valence-corrected chi connectivity index (χ2v) is 7.47. The number of rotatable bonds is 4. The molecule has 1 atom stereocenters. The summed E-state index contributed by atoms with van der Waals surface area (Å²) in [6.07, 6.45) is 5.56. The van der Waals surface area contributed by atoms with Crippen LogP contribution in [0.5, 0.6) is 0 Å². The third-order valence-corrected chi connectivity index (χ3v) is 5.82. The standard InChI is InChI=1S/C21H25ClN2O/c22-19-7-2-1-5-16(19)15-17-6-3-8-20(23-17)21-9-4-12-24(21)18-10-13-25-14-11-18/h1-3,5-8,18,21H,4,9-15H2/t21-/m1/s1. The molecule has 2 aliphatic heterocycles.